The zero-order valence-electron chi connectivity index (χ0n) is 19.5. The zero-order chi connectivity index (χ0) is 25.4. The molecule has 0 aromatic heterocycles. The second kappa shape index (κ2) is 12.5. The van der Waals surface area contributed by atoms with Gasteiger partial charge < -0.3 is 14.8 Å². The molecule has 2 N–H and O–H groups in total. The van der Waals surface area contributed by atoms with E-state index in [1.807, 2.05) is 39.0 Å². The van der Waals surface area contributed by atoms with Crippen LogP contribution >= 0.6 is 31.9 Å². The van der Waals surface area contributed by atoms with Crippen molar-refractivity contribution in [3.8, 4) is 11.5 Å². The lowest BCUT2D eigenvalue weighted by Gasteiger charge is -2.15. The molecular formula is C26H25Br2N3O4. The number of ether oxygens (including phenoxy) is 2. The Bertz CT molecular complexity index is 1240. The maximum atomic E-state index is 12.4. The lowest BCUT2D eigenvalue weighted by atomic mass is 10.1. The highest BCUT2D eigenvalue weighted by Gasteiger charge is 2.14. The molecule has 0 saturated heterocycles. The summed E-state index contributed by atoms with van der Waals surface area (Å²) < 4.78 is 12.9. The van der Waals surface area contributed by atoms with Crippen LogP contribution in [0, 0.1) is 13.8 Å². The monoisotopic (exact) mass is 601 g/mol. The van der Waals surface area contributed by atoms with Crippen molar-refractivity contribution in [1.29, 1.82) is 0 Å². The number of nitrogens with zero attached hydrogens (tertiary/aromatic N) is 1. The minimum Gasteiger partial charge on any atom is -0.490 e. The molecule has 0 aliphatic heterocycles. The van der Waals surface area contributed by atoms with Crippen LogP contribution in [-0.4, -0.2) is 31.2 Å². The molecule has 0 saturated carbocycles. The molecule has 0 bridgehead atoms. The highest BCUT2D eigenvalue weighted by molar-refractivity contribution is 9.10. The highest BCUT2D eigenvalue weighted by atomic mass is 79.9. The van der Waals surface area contributed by atoms with Crippen LogP contribution < -0.4 is 20.2 Å². The number of benzene rings is 3. The molecule has 0 heterocycles. The van der Waals surface area contributed by atoms with E-state index in [0.717, 1.165) is 15.6 Å². The van der Waals surface area contributed by atoms with E-state index in [-0.39, 0.29) is 18.4 Å². The van der Waals surface area contributed by atoms with Crippen LogP contribution in [0.4, 0.5) is 5.69 Å². The van der Waals surface area contributed by atoms with E-state index in [1.165, 1.54) is 6.21 Å². The number of anilines is 1. The molecule has 0 spiro atoms. The summed E-state index contributed by atoms with van der Waals surface area (Å²) in [7, 11) is 0. The van der Waals surface area contributed by atoms with Crippen LogP contribution in [0.1, 0.15) is 34.0 Å². The van der Waals surface area contributed by atoms with Crippen molar-refractivity contribution in [2.75, 3.05) is 18.5 Å². The standard InChI is InChI=1S/C26H25Br2N3O4/c1-4-34-23-13-18(14-29-31-26(33)19-6-8-20(27)9-7-19)12-22(28)25(23)35-15-24(32)30-21-10-5-16(2)17(3)11-21/h5-14H,4,15H2,1-3H3,(H,30,32)(H,31,33)/b29-14+. The molecule has 3 aromatic rings. The molecule has 0 radical (unpaired) electrons. The molecule has 3 rings (SSSR count). The van der Waals surface area contributed by atoms with E-state index < -0.39 is 0 Å². The normalized spacial score (nSPS) is 10.8. The molecule has 0 fully saturated rings. The van der Waals surface area contributed by atoms with E-state index >= 15 is 0 Å². The number of carbonyl (C=O) groups is 2. The number of hydrogen-bond donors (Lipinski definition) is 2. The summed E-state index contributed by atoms with van der Waals surface area (Å²) in [5, 5.41) is 6.86. The smallest absolute Gasteiger partial charge is 0.271 e. The Morgan fingerprint density at radius 2 is 1.71 bits per heavy atom. The minimum absolute atomic E-state index is 0.192. The molecule has 9 heteroatoms. The second-order valence-electron chi connectivity index (χ2n) is 7.60. The lowest BCUT2D eigenvalue weighted by Crippen LogP contribution is -2.20. The number of carbonyl (C=O) groups excluding carboxylic acids is 2. The van der Waals surface area contributed by atoms with Gasteiger partial charge in [-0.05, 0) is 102 Å². The fourth-order valence-electron chi connectivity index (χ4n) is 3.05. The van der Waals surface area contributed by atoms with Crippen molar-refractivity contribution in [3.63, 3.8) is 0 Å². The Labute approximate surface area is 221 Å². The summed E-state index contributed by atoms with van der Waals surface area (Å²) in [5.74, 6) is 0.233. The predicted octanol–water partition coefficient (Wildman–Crippen LogP) is 6.01. The molecule has 0 aliphatic rings. The highest BCUT2D eigenvalue weighted by Crippen LogP contribution is 2.36. The Kier molecular flexibility index (Phi) is 9.45. The maximum Gasteiger partial charge on any atom is 0.271 e. The largest absolute Gasteiger partial charge is 0.490 e. The summed E-state index contributed by atoms with van der Waals surface area (Å²) in [6.07, 6.45) is 1.50. The van der Waals surface area contributed by atoms with Gasteiger partial charge in [-0.1, -0.05) is 22.0 Å². The number of halogens is 2. The first-order valence-corrected chi connectivity index (χ1v) is 12.4. The molecule has 3 aromatic carbocycles. The first-order chi connectivity index (χ1) is 16.8. The first-order valence-electron chi connectivity index (χ1n) is 10.8. The van der Waals surface area contributed by atoms with E-state index in [9.17, 15) is 9.59 Å². The van der Waals surface area contributed by atoms with Gasteiger partial charge in [-0.25, -0.2) is 5.43 Å². The van der Waals surface area contributed by atoms with Crippen molar-refractivity contribution in [3.05, 3.63) is 85.8 Å². The topological polar surface area (TPSA) is 89.0 Å². The first kappa shape index (κ1) is 26.4. The van der Waals surface area contributed by atoms with Gasteiger partial charge in [-0.2, -0.15) is 5.10 Å². The summed E-state index contributed by atoms with van der Waals surface area (Å²) in [4.78, 5) is 24.6. The van der Waals surface area contributed by atoms with Crippen LogP contribution in [0.25, 0.3) is 0 Å². The lowest BCUT2D eigenvalue weighted by molar-refractivity contribution is -0.118. The third-order valence-corrected chi connectivity index (χ3v) is 6.07. The summed E-state index contributed by atoms with van der Waals surface area (Å²) in [5.41, 5.74) is 6.62. The van der Waals surface area contributed by atoms with Crippen molar-refractivity contribution in [2.24, 2.45) is 5.10 Å². The zero-order valence-corrected chi connectivity index (χ0v) is 22.7. The molecule has 0 atom stereocenters. The third-order valence-electron chi connectivity index (χ3n) is 4.96. The van der Waals surface area contributed by atoms with Gasteiger partial charge >= 0.3 is 0 Å². The van der Waals surface area contributed by atoms with Crippen molar-refractivity contribution >= 4 is 55.6 Å². The fraction of sp³-hybridized carbons (Fsp3) is 0.192. The molecular weight excluding hydrogens is 578 g/mol. The van der Waals surface area contributed by atoms with E-state index in [4.69, 9.17) is 9.47 Å². The number of amides is 2. The molecule has 2 amide bonds. The predicted molar refractivity (Wildman–Crippen MR) is 145 cm³/mol. The summed E-state index contributed by atoms with van der Waals surface area (Å²) in [6, 6.07) is 16.2. The van der Waals surface area contributed by atoms with Crippen molar-refractivity contribution in [1.82, 2.24) is 5.43 Å². The Balaban J connectivity index is 1.65. The van der Waals surface area contributed by atoms with E-state index in [1.54, 1.807) is 36.4 Å². The second-order valence-corrected chi connectivity index (χ2v) is 9.37. The van der Waals surface area contributed by atoms with Gasteiger partial charge in [0, 0.05) is 15.7 Å². The quantitative estimate of drug-likeness (QED) is 0.232. The molecule has 35 heavy (non-hydrogen) atoms. The molecule has 0 unspecified atom stereocenters. The number of rotatable bonds is 9. The maximum absolute atomic E-state index is 12.4. The van der Waals surface area contributed by atoms with Gasteiger partial charge in [0.05, 0.1) is 17.3 Å². The van der Waals surface area contributed by atoms with Gasteiger partial charge in [0.1, 0.15) is 0 Å². The van der Waals surface area contributed by atoms with Crippen LogP contribution in [-0.2, 0) is 4.79 Å². The molecule has 0 aliphatic carbocycles. The SMILES string of the molecule is CCOc1cc(/C=N/NC(=O)c2ccc(Br)cc2)cc(Br)c1OCC(=O)Nc1ccc(C)c(C)c1. The average molecular weight is 603 g/mol. The minimum atomic E-state index is -0.326. The number of nitrogens with one attached hydrogen (secondary N) is 2. The molecule has 7 nitrogen and oxygen atoms in total. The van der Waals surface area contributed by atoms with Crippen molar-refractivity contribution in [2.45, 2.75) is 20.8 Å². The van der Waals surface area contributed by atoms with Crippen LogP contribution in [0.15, 0.2) is 68.6 Å². The average Bonchev–Trinajstić information content (AvgIpc) is 2.81. The number of hydrogen-bond acceptors (Lipinski definition) is 5. The molecule has 182 valence electrons. The van der Waals surface area contributed by atoms with E-state index in [2.05, 4.69) is 47.7 Å². The van der Waals surface area contributed by atoms with Gasteiger partial charge in [0.25, 0.3) is 11.8 Å². The summed E-state index contributed by atoms with van der Waals surface area (Å²) >= 11 is 6.81. The Morgan fingerprint density at radius 1 is 0.971 bits per heavy atom. The van der Waals surface area contributed by atoms with Gasteiger partial charge in [-0.3, -0.25) is 9.59 Å². The van der Waals surface area contributed by atoms with Crippen molar-refractivity contribution < 1.29 is 19.1 Å². The van der Waals surface area contributed by atoms with E-state index in [0.29, 0.717) is 39.4 Å². The van der Waals surface area contributed by atoms with Gasteiger partial charge in [0.15, 0.2) is 18.1 Å². The third kappa shape index (κ3) is 7.66. The number of aryl methyl sites for hydroxylation is 2. The Morgan fingerprint density at radius 3 is 2.40 bits per heavy atom. The van der Waals surface area contributed by atoms with Crippen LogP contribution in [0.3, 0.4) is 0 Å². The van der Waals surface area contributed by atoms with Crippen LogP contribution in [0.5, 0.6) is 11.5 Å². The Hall–Kier alpha value is -3.17. The van der Waals surface area contributed by atoms with Crippen LogP contribution in [0.2, 0.25) is 0 Å². The number of hydrazone groups is 1. The fourth-order valence-corrected chi connectivity index (χ4v) is 3.89. The summed E-state index contributed by atoms with van der Waals surface area (Å²) in [6.45, 7) is 6.07. The van der Waals surface area contributed by atoms with Gasteiger partial charge in [-0.15, -0.1) is 0 Å². The van der Waals surface area contributed by atoms with Gasteiger partial charge in [0.2, 0.25) is 0 Å².